The molecular formula is C26H39N. The van der Waals surface area contributed by atoms with Gasteiger partial charge >= 0.3 is 0 Å². The van der Waals surface area contributed by atoms with Gasteiger partial charge in [-0.05, 0) is 68.5 Å². The lowest BCUT2D eigenvalue weighted by molar-refractivity contribution is 0.353. The van der Waals surface area contributed by atoms with Crippen LogP contribution in [0.15, 0.2) is 54.6 Å². The first-order valence-electron chi connectivity index (χ1n) is 10.9. The lowest BCUT2D eigenvalue weighted by atomic mass is 9.86. The van der Waals surface area contributed by atoms with Crippen molar-refractivity contribution < 1.29 is 0 Å². The summed E-state index contributed by atoms with van der Waals surface area (Å²) in [6.07, 6.45) is 7.48. The Morgan fingerprint density at radius 3 is 2.19 bits per heavy atom. The molecule has 2 atom stereocenters. The Balaban J connectivity index is 1.81. The van der Waals surface area contributed by atoms with Crippen LogP contribution in [-0.2, 0) is 6.42 Å². The lowest BCUT2D eigenvalue weighted by Gasteiger charge is -2.25. The average Bonchev–Trinajstić information content (AvgIpc) is 2.67. The summed E-state index contributed by atoms with van der Waals surface area (Å²) in [6, 6.07) is 20.7. The van der Waals surface area contributed by atoms with Crippen molar-refractivity contribution in [3.8, 4) is 0 Å². The Labute approximate surface area is 167 Å². The van der Waals surface area contributed by atoms with E-state index in [9.17, 15) is 0 Å². The van der Waals surface area contributed by atoms with Gasteiger partial charge in [0.2, 0.25) is 0 Å². The Hall–Kier alpha value is -1.60. The molecule has 0 bridgehead atoms. The molecule has 2 aromatic carbocycles. The molecule has 0 aliphatic carbocycles. The monoisotopic (exact) mass is 365 g/mol. The molecule has 0 radical (unpaired) electrons. The van der Waals surface area contributed by atoms with E-state index in [0.29, 0.717) is 17.9 Å². The zero-order chi connectivity index (χ0) is 19.5. The number of hydrogen-bond donors (Lipinski definition) is 1. The SMILES string of the molecule is CCCC(CCC(NCCCc1ccccc1)C(C)C)c1ccc(C)cc1. The first kappa shape index (κ1) is 21.7. The fraction of sp³-hybridized carbons (Fsp3) is 0.538. The number of rotatable bonds is 12. The molecule has 0 fully saturated rings. The van der Waals surface area contributed by atoms with Crippen LogP contribution in [0.1, 0.15) is 75.5 Å². The molecule has 0 aliphatic heterocycles. The maximum atomic E-state index is 3.85. The molecule has 0 amide bonds. The molecule has 0 spiro atoms. The topological polar surface area (TPSA) is 12.0 Å². The zero-order valence-electron chi connectivity index (χ0n) is 17.9. The smallest absolute Gasteiger partial charge is 0.00902 e. The largest absolute Gasteiger partial charge is 0.314 e. The molecule has 0 aliphatic rings. The minimum atomic E-state index is 0.616. The molecular weight excluding hydrogens is 326 g/mol. The lowest BCUT2D eigenvalue weighted by Crippen LogP contribution is -2.35. The molecule has 0 saturated heterocycles. The Bertz CT molecular complexity index is 614. The average molecular weight is 366 g/mol. The van der Waals surface area contributed by atoms with Gasteiger partial charge in [-0.3, -0.25) is 0 Å². The molecule has 27 heavy (non-hydrogen) atoms. The normalized spacial score (nSPS) is 13.7. The molecule has 1 heteroatoms. The van der Waals surface area contributed by atoms with Crippen LogP contribution in [0.5, 0.6) is 0 Å². The molecule has 0 saturated carbocycles. The van der Waals surface area contributed by atoms with E-state index in [1.54, 1.807) is 0 Å². The summed E-state index contributed by atoms with van der Waals surface area (Å²) in [6.45, 7) is 10.3. The van der Waals surface area contributed by atoms with Crippen molar-refractivity contribution in [1.29, 1.82) is 0 Å². The van der Waals surface area contributed by atoms with E-state index in [-0.39, 0.29) is 0 Å². The zero-order valence-corrected chi connectivity index (χ0v) is 17.9. The third kappa shape index (κ3) is 7.89. The van der Waals surface area contributed by atoms with Crippen LogP contribution in [0.2, 0.25) is 0 Å². The van der Waals surface area contributed by atoms with Crippen LogP contribution < -0.4 is 5.32 Å². The highest BCUT2D eigenvalue weighted by Crippen LogP contribution is 2.28. The second-order valence-electron chi connectivity index (χ2n) is 8.37. The summed E-state index contributed by atoms with van der Waals surface area (Å²) in [5.41, 5.74) is 4.32. The van der Waals surface area contributed by atoms with Crippen LogP contribution in [0.25, 0.3) is 0 Å². The molecule has 148 valence electrons. The van der Waals surface area contributed by atoms with Gasteiger partial charge in [-0.25, -0.2) is 0 Å². The van der Waals surface area contributed by atoms with Crippen molar-refractivity contribution in [2.45, 2.75) is 78.2 Å². The first-order valence-corrected chi connectivity index (χ1v) is 10.9. The fourth-order valence-electron chi connectivity index (χ4n) is 3.94. The van der Waals surface area contributed by atoms with Crippen LogP contribution in [-0.4, -0.2) is 12.6 Å². The Kier molecular flexibility index (Phi) is 9.62. The Morgan fingerprint density at radius 1 is 0.852 bits per heavy atom. The van der Waals surface area contributed by atoms with Gasteiger partial charge in [-0.2, -0.15) is 0 Å². The van der Waals surface area contributed by atoms with Crippen molar-refractivity contribution in [3.63, 3.8) is 0 Å². The van der Waals surface area contributed by atoms with Crippen LogP contribution in [0.3, 0.4) is 0 Å². The molecule has 1 nitrogen and oxygen atoms in total. The molecule has 2 unspecified atom stereocenters. The first-order chi connectivity index (χ1) is 13.1. The summed E-state index contributed by atoms with van der Waals surface area (Å²) >= 11 is 0. The molecule has 2 aromatic rings. The van der Waals surface area contributed by atoms with E-state index < -0.39 is 0 Å². The van der Waals surface area contributed by atoms with Gasteiger partial charge in [0.25, 0.3) is 0 Å². The molecule has 0 aromatic heterocycles. The van der Waals surface area contributed by atoms with E-state index in [1.165, 1.54) is 55.2 Å². The highest BCUT2D eigenvalue weighted by molar-refractivity contribution is 5.24. The third-order valence-corrected chi connectivity index (χ3v) is 5.71. The van der Waals surface area contributed by atoms with Gasteiger partial charge in [-0.15, -0.1) is 0 Å². The van der Waals surface area contributed by atoms with Crippen molar-refractivity contribution in [3.05, 3.63) is 71.3 Å². The standard InChI is InChI=1S/C26H39N/c1-5-10-24(25-16-14-22(4)15-17-25)18-19-26(21(2)3)27-20-9-13-23-11-7-6-8-12-23/h6-8,11-12,14-17,21,24,26-27H,5,9-10,13,18-20H2,1-4H3. The van der Waals surface area contributed by atoms with Gasteiger partial charge in [0.15, 0.2) is 0 Å². The predicted octanol–water partition coefficient (Wildman–Crippen LogP) is 6.91. The van der Waals surface area contributed by atoms with Gasteiger partial charge in [0.1, 0.15) is 0 Å². The minimum absolute atomic E-state index is 0.616. The van der Waals surface area contributed by atoms with E-state index in [1.807, 2.05) is 0 Å². The van der Waals surface area contributed by atoms with E-state index in [2.05, 4.69) is 87.6 Å². The van der Waals surface area contributed by atoms with Crippen molar-refractivity contribution in [1.82, 2.24) is 5.32 Å². The van der Waals surface area contributed by atoms with E-state index >= 15 is 0 Å². The second-order valence-corrected chi connectivity index (χ2v) is 8.37. The summed E-state index contributed by atoms with van der Waals surface area (Å²) in [4.78, 5) is 0. The quantitative estimate of drug-likeness (QED) is 0.403. The minimum Gasteiger partial charge on any atom is -0.314 e. The van der Waals surface area contributed by atoms with Crippen molar-refractivity contribution in [2.24, 2.45) is 5.92 Å². The van der Waals surface area contributed by atoms with Gasteiger partial charge < -0.3 is 5.32 Å². The molecule has 1 N–H and O–H groups in total. The van der Waals surface area contributed by atoms with Crippen molar-refractivity contribution in [2.75, 3.05) is 6.54 Å². The van der Waals surface area contributed by atoms with Crippen LogP contribution >= 0.6 is 0 Å². The molecule has 2 rings (SSSR count). The van der Waals surface area contributed by atoms with E-state index in [4.69, 9.17) is 0 Å². The highest BCUT2D eigenvalue weighted by Gasteiger charge is 2.17. The van der Waals surface area contributed by atoms with Crippen LogP contribution in [0.4, 0.5) is 0 Å². The molecule has 0 heterocycles. The number of aryl methyl sites for hydroxylation is 2. The summed E-state index contributed by atoms with van der Waals surface area (Å²) in [7, 11) is 0. The predicted molar refractivity (Wildman–Crippen MR) is 119 cm³/mol. The van der Waals surface area contributed by atoms with Gasteiger partial charge in [0.05, 0.1) is 0 Å². The Morgan fingerprint density at radius 2 is 1.56 bits per heavy atom. The highest BCUT2D eigenvalue weighted by atomic mass is 14.9. The summed E-state index contributed by atoms with van der Waals surface area (Å²) in [5, 5.41) is 3.85. The number of benzene rings is 2. The van der Waals surface area contributed by atoms with Crippen LogP contribution in [0, 0.1) is 12.8 Å². The van der Waals surface area contributed by atoms with E-state index in [0.717, 1.165) is 6.54 Å². The summed E-state index contributed by atoms with van der Waals surface area (Å²) in [5.74, 6) is 1.38. The van der Waals surface area contributed by atoms with Gasteiger partial charge in [-0.1, -0.05) is 87.4 Å². The number of hydrogen-bond acceptors (Lipinski definition) is 1. The van der Waals surface area contributed by atoms with Gasteiger partial charge in [0, 0.05) is 6.04 Å². The maximum absolute atomic E-state index is 3.85. The second kappa shape index (κ2) is 12.0. The summed E-state index contributed by atoms with van der Waals surface area (Å²) < 4.78 is 0. The third-order valence-electron chi connectivity index (χ3n) is 5.71. The van der Waals surface area contributed by atoms with Crippen molar-refractivity contribution >= 4 is 0 Å². The fourth-order valence-corrected chi connectivity index (χ4v) is 3.94. The number of nitrogens with one attached hydrogen (secondary N) is 1. The maximum Gasteiger partial charge on any atom is 0.00902 e.